The molecule has 2 aliphatic heterocycles. The van der Waals surface area contributed by atoms with Crippen LogP contribution in [0.15, 0.2) is 42.5 Å². The van der Waals surface area contributed by atoms with Gasteiger partial charge < -0.3 is 9.64 Å². The number of amides is 3. The predicted octanol–water partition coefficient (Wildman–Crippen LogP) is 2.23. The number of nitrogens with one attached hydrogen (secondary N) is 1. The Kier molecular flexibility index (Phi) is 6.90. The Morgan fingerprint density at radius 1 is 1.12 bits per heavy atom. The first-order valence-electron chi connectivity index (χ1n) is 10.4. The van der Waals surface area contributed by atoms with Crippen molar-refractivity contribution in [3.63, 3.8) is 0 Å². The van der Waals surface area contributed by atoms with Crippen LogP contribution < -0.4 is 16.2 Å². The summed E-state index contributed by atoms with van der Waals surface area (Å²) in [6.45, 7) is 4.18. The van der Waals surface area contributed by atoms with Gasteiger partial charge >= 0.3 is 6.03 Å². The van der Waals surface area contributed by atoms with Crippen LogP contribution in [0.1, 0.15) is 15.9 Å². The van der Waals surface area contributed by atoms with Gasteiger partial charge in [-0.1, -0.05) is 17.7 Å². The molecule has 0 unspecified atom stereocenters. The Morgan fingerprint density at radius 2 is 1.81 bits per heavy atom. The van der Waals surface area contributed by atoms with Crippen molar-refractivity contribution in [1.82, 2.24) is 15.2 Å². The summed E-state index contributed by atoms with van der Waals surface area (Å²) in [5.41, 5.74) is 2.98. The van der Waals surface area contributed by atoms with E-state index >= 15 is 0 Å². The number of rotatable bonds is 5. The van der Waals surface area contributed by atoms with Crippen molar-refractivity contribution in [2.45, 2.75) is 12.6 Å². The summed E-state index contributed by atoms with van der Waals surface area (Å²) in [7, 11) is 0. The minimum absolute atomic E-state index is 0.00744. The van der Waals surface area contributed by atoms with Gasteiger partial charge in [-0.15, -0.1) is 0 Å². The Bertz CT molecular complexity index is 978. The van der Waals surface area contributed by atoms with Gasteiger partial charge in [0.05, 0.1) is 25.8 Å². The number of carbonyl (C=O) groups is 2. The standard InChI is InChI=1S/C22H25ClFN5O3/c23-17-3-5-18(6-4-17)29(12-16-2-1-15(11-20(16)24)21(30)26-25)22(31)28-9-7-27(8-10-28)19-13-32-14-19/h1-6,11,19H,7-10,12-14,25H2,(H,26,30). The highest BCUT2D eigenvalue weighted by atomic mass is 35.5. The molecule has 170 valence electrons. The van der Waals surface area contributed by atoms with Gasteiger partial charge in [-0.2, -0.15) is 0 Å². The van der Waals surface area contributed by atoms with Crippen molar-refractivity contribution in [3.8, 4) is 0 Å². The van der Waals surface area contributed by atoms with Crippen LogP contribution >= 0.6 is 11.6 Å². The summed E-state index contributed by atoms with van der Waals surface area (Å²) in [5, 5.41) is 0.542. The fraction of sp³-hybridized carbons (Fsp3) is 0.364. The molecule has 8 nitrogen and oxygen atoms in total. The lowest BCUT2D eigenvalue weighted by molar-refractivity contribution is -0.0738. The van der Waals surface area contributed by atoms with Crippen molar-refractivity contribution >= 4 is 29.2 Å². The lowest BCUT2D eigenvalue weighted by Gasteiger charge is -2.43. The number of hydrogen-bond donors (Lipinski definition) is 2. The van der Waals surface area contributed by atoms with Crippen molar-refractivity contribution in [3.05, 3.63) is 64.4 Å². The summed E-state index contributed by atoms with van der Waals surface area (Å²) < 4.78 is 20.0. The van der Waals surface area contributed by atoms with E-state index in [1.807, 2.05) is 5.43 Å². The summed E-state index contributed by atoms with van der Waals surface area (Å²) in [6.07, 6.45) is 0. The van der Waals surface area contributed by atoms with E-state index in [4.69, 9.17) is 22.2 Å². The van der Waals surface area contributed by atoms with E-state index in [0.717, 1.165) is 32.4 Å². The molecule has 0 saturated carbocycles. The maximum Gasteiger partial charge on any atom is 0.324 e. The number of benzene rings is 2. The molecular weight excluding hydrogens is 437 g/mol. The zero-order valence-corrected chi connectivity index (χ0v) is 18.2. The molecule has 0 radical (unpaired) electrons. The molecule has 4 rings (SSSR count). The molecule has 3 N–H and O–H groups in total. The monoisotopic (exact) mass is 461 g/mol. The molecule has 0 atom stereocenters. The maximum absolute atomic E-state index is 14.8. The van der Waals surface area contributed by atoms with Crippen LogP contribution in [0.5, 0.6) is 0 Å². The normalized spacial score (nSPS) is 17.0. The average Bonchev–Trinajstić information content (AvgIpc) is 2.77. The third-order valence-corrected chi connectivity index (χ3v) is 6.12. The van der Waals surface area contributed by atoms with Gasteiger partial charge in [0.15, 0.2) is 0 Å². The summed E-state index contributed by atoms with van der Waals surface area (Å²) in [5.74, 6) is 3.95. The quantitative estimate of drug-likeness (QED) is 0.405. The van der Waals surface area contributed by atoms with Gasteiger partial charge in [-0.05, 0) is 36.4 Å². The second-order valence-electron chi connectivity index (χ2n) is 7.84. The number of nitrogens with two attached hydrogens (primary N) is 1. The number of urea groups is 1. The predicted molar refractivity (Wildman–Crippen MR) is 119 cm³/mol. The first-order chi connectivity index (χ1) is 15.5. The van der Waals surface area contributed by atoms with E-state index in [9.17, 15) is 14.0 Å². The molecule has 2 saturated heterocycles. The molecule has 2 aromatic carbocycles. The Morgan fingerprint density at radius 3 is 2.38 bits per heavy atom. The van der Waals surface area contributed by atoms with Gasteiger partial charge in [-0.25, -0.2) is 15.0 Å². The van der Waals surface area contributed by atoms with Crippen molar-refractivity contribution < 1.29 is 18.7 Å². The smallest absolute Gasteiger partial charge is 0.324 e. The maximum atomic E-state index is 14.8. The molecule has 2 fully saturated rings. The molecule has 2 heterocycles. The molecule has 10 heteroatoms. The zero-order valence-electron chi connectivity index (χ0n) is 17.5. The van der Waals surface area contributed by atoms with E-state index in [2.05, 4.69) is 4.90 Å². The number of halogens is 2. The summed E-state index contributed by atoms with van der Waals surface area (Å²) in [4.78, 5) is 30.8. The van der Waals surface area contributed by atoms with E-state index in [1.165, 1.54) is 17.0 Å². The highest BCUT2D eigenvalue weighted by molar-refractivity contribution is 6.30. The topological polar surface area (TPSA) is 91.1 Å². The summed E-state index contributed by atoms with van der Waals surface area (Å²) >= 11 is 6.02. The highest BCUT2D eigenvalue weighted by Gasteiger charge is 2.32. The van der Waals surface area contributed by atoms with Gasteiger partial charge in [0, 0.05) is 48.0 Å². The van der Waals surface area contributed by atoms with Crippen LogP contribution in [0.4, 0.5) is 14.9 Å². The number of hydrogen-bond acceptors (Lipinski definition) is 5. The molecule has 3 amide bonds. The Labute approximate surface area is 190 Å². The minimum Gasteiger partial charge on any atom is -0.378 e. The first kappa shape index (κ1) is 22.5. The zero-order chi connectivity index (χ0) is 22.7. The van der Waals surface area contributed by atoms with E-state index in [1.54, 1.807) is 29.2 Å². The van der Waals surface area contributed by atoms with Gasteiger partial charge in [-0.3, -0.25) is 20.0 Å². The van der Waals surface area contributed by atoms with Crippen LogP contribution in [0.2, 0.25) is 5.02 Å². The highest BCUT2D eigenvalue weighted by Crippen LogP contribution is 2.24. The van der Waals surface area contributed by atoms with Crippen LogP contribution in [0, 0.1) is 5.82 Å². The first-order valence-corrected chi connectivity index (χ1v) is 10.8. The fourth-order valence-corrected chi connectivity index (χ4v) is 3.97. The number of anilines is 1. The lowest BCUT2D eigenvalue weighted by atomic mass is 10.1. The van der Waals surface area contributed by atoms with E-state index < -0.39 is 11.7 Å². The Balaban J connectivity index is 1.53. The van der Waals surface area contributed by atoms with Crippen molar-refractivity contribution in [2.24, 2.45) is 5.84 Å². The van der Waals surface area contributed by atoms with Gasteiger partial charge in [0.1, 0.15) is 5.82 Å². The molecular formula is C22H25ClFN5O3. The number of piperazine rings is 1. The SMILES string of the molecule is NNC(=O)c1ccc(CN(C(=O)N2CCN(C3COC3)CC2)c2ccc(Cl)cc2)c(F)c1. The largest absolute Gasteiger partial charge is 0.378 e. The number of carbonyl (C=O) groups excluding carboxylic acids is 2. The molecule has 0 spiro atoms. The number of nitrogen functional groups attached to an aromatic ring is 1. The second-order valence-corrected chi connectivity index (χ2v) is 8.28. The summed E-state index contributed by atoms with van der Waals surface area (Å²) in [6, 6.07) is 11.1. The third kappa shape index (κ3) is 4.86. The number of hydrazine groups is 1. The molecule has 0 aliphatic carbocycles. The fourth-order valence-electron chi connectivity index (χ4n) is 3.84. The van der Waals surface area contributed by atoms with Crippen LogP contribution in [0.3, 0.4) is 0 Å². The minimum atomic E-state index is -0.590. The molecule has 2 aliphatic rings. The third-order valence-electron chi connectivity index (χ3n) is 5.87. The van der Waals surface area contributed by atoms with Gasteiger partial charge in [0.25, 0.3) is 5.91 Å². The van der Waals surface area contributed by atoms with Crippen LogP contribution in [0.25, 0.3) is 0 Å². The Hall–Kier alpha value is -2.72. The lowest BCUT2D eigenvalue weighted by Crippen LogP contribution is -2.59. The van der Waals surface area contributed by atoms with Crippen LogP contribution in [-0.4, -0.2) is 67.2 Å². The van der Waals surface area contributed by atoms with Crippen molar-refractivity contribution in [2.75, 3.05) is 44.3 Å². The average molecular weight is 462 g/mol. The molecule has 0 bridgehead atoms. The number of nitrogens with zero attached hydrogens (tertiary/aromatic N) is 3. The van der Waals surface area contributed by atoms with Crippen molar-refractivity contribution in [1.29, 1.82) is 0 Å². The molecule has 2 aromatic rings. The molecule has 0 aromatic heterocycles. The number of ether oxygens (including phenoxy) is 1. The second kappa shape index (κ2) is 9.83. The van der Waals surface area contributed by atoms with Crippen LogP contribution in [-0.2, 0) is 11.3 Å². The van der Waals surface area contributed by atoms with E-state index in [0.29, 0.717) is 29.8 Å². The molecule has 32 heavy (non-hydrogen) atoms. The van der Waals surface area contributed by atoms with E-state index in [-0.39, 0.29) is 23.7 Å². The van der Waals surface area contributed by atoms with Gasteiger partial charge in [0.2, 0.25) is 0 Å².